The first kappa shape index (κ1) is 22.3. The smallest absolute Gasteiger partial charge is 0.242 e. The van der Waals surface area contributed by atoms with Gasteiger partial charge < -0.3 is 10.2 Å². The number of benzene rings is 2. The molecule has 0 heterocycles. The summed E-state index contributed by atoms with van der Waals surface area (Å²) in [5.41, 5.74) is 1.56. The topological polar surface area (TPSA) is 49.4 Å². The van der Waals surface area contributed by atoms with E-state index in [1.54, 1.807) is 30.0 Å². The molecule has 3 rings (SSSR count). The summed E-state index contributed by atoms with van der Waals surface area (Å²) in [7, 11) is 0. The van der Waals surface area contributed by atoms with Crippen molar-refractivity contribution in [3.63, 3.8) is 0 Å². The van der Waals surface area contributed by atoms with Crippen LogP contribution in [0.2, 0.25) is 0 Å². The number of rotatable bonds is 9. The predicted octanol–water partition coefficient (Wildman–Crippen LogP) is 4.54. The van der Waals surface area contributed by atoms with Gasteiger partial charge in [-0.3, -0.25) is 9.59 Å². The molecule has 0 aliphatic heterocycles. The lowest BCUT2D eigenvalue weighted by Gasteiger charge is -2.29. The number of carbonyl (C=O) groups excluding carboxylic acids is 2. The van der Waals surface area contributed by atoms with E-state index in [2.05, 4.69) is 5.32 Å². The number of nitrogens with zero attached hydrogens (tertiary/aromatic N) is 1. The molecule has 1 aliphatic rings. The second kappa shape index (κ2) is 11.2. The minimum absolute atomic E-state index is 0.106. The molecule has 2 aromatic carbocycles. The molecule has 1 aliphatic carbocycles. The van der Waals surface area contributed by atoms with Crippen LogP contribution in [0.3, 0.4) is 0 Å². The van der Waals surface area contributed by atoms with Gasteiger partial charge in [-0.2, -0.15) is 0 Å². The van der Waals surface area contributed by atoms with Crippen molar-refractivity contribution in [2.75, 3.05) is 5.75 Å². The molecule has 2 amide bonds. The SMILES string of the molecule is C[C@H](C(=O)NC1CCCC1)N(Cc1ccccc1)C(=O)CSCc1ccccc1F. The molecule has 2 aromatic rings. The lowest BCUT2D eigenvalue weighted by atomic mass is 10.1. The fourth-order valence-electron chi connectivity index (χ4n) is 3.70. The predicted molar refractivity (Wildman–Crippen MR) is 119 cm³/mol. The van der Waals surface area contributed by atoms with Crippen LogP contribution in [0.4, 0.5) is 4.39 Å². The van der Waals surface area contributed by atoms with Gasteiger partial charge in [0.05, 0.1) is 5.75 Å². The van der Waals surface area contributed by atoms with Gasteiger partial charge in [-0.1, -0.05) is 61.4 Å². The first-order chi connectivity index (χ1) is 14.5. The Bertz CT molecular complexity index is 840. The zero-order chi connectivity index (χ0) is 21.3. The highest BCUT2D eigenvalue weighted by molar-refractivity contribution is 7.99. The molecule has 1 atom stereocenters. The van der Waals surface area contributed by atoms with E-state index in [1.807, 2.05) is 30.3 Å². The average molecular weight is 429 g/mol. The molecule has 0 aromatic heterocycles. The van der Waals surface area contributed by atoms with Gasteiger partial charge in [-0.25, -0.2) is 4.39 Å². The third kappa shape index (κ3) is 6.33. The largest absolute Gasteiger partial charge is 0.352 e. The summed E-state index contributed by atoms with van der Waals surface area (Å²) in [4.78, 5) is 27.5. The summed E-state index contributed by atoms with van der Waals surface area (Å²) in [6.45, 7) is 2.16. The summed E-state index contributed by atoms with van der Waals surface area (Å²) in [6, 6.07) is 15.9. The van der Waals surface area contributed by atoms with Gasteiger partial charge in [0.25, 0.3) is 0 Å². The summed E-state index contributed by atoms with van der Waals surface area (Å²) in [5.74, 6) is 0.130. The van der Waals surface area contributed by atoms with Gasteiger partial charge in [0, 0.05) is 18.3 Å². The number of hydrogen-bond acceptors (Lipinski definition) is 3. The van der Waals surface area contributed by atoms with E-state index in [-0.39, 0.29) is 29.4 Å². The van der Waals surface area contributed by atoms with Gasteiger partial charge in [0.15, 0.2) is 0 Å². The fraction of sp³-hybridized carbons (Fsp3) is 0.417. The molecule has 6 heteroatoms. The van der Waals surface area contributed by atoms with Crippen molar-refractivity contribution in [3.8, 4) is 0 Å². The standard InChI is InChI=1S/C24H29FN2O2S/c1-18(24(29)26-21-12-6-7-13-21)27(15-19-9-3-2-4-10-19)23(28)17-30-16-20-11-5-8-14-22(20)25/h2-5,8-11,14,18,21H,6-7,12-13,15-17H2,1H3,(H,26,29)/t18-/m1/s1. The third-order valence-electron chi connectivity index (χ3n) is 5.51. The van der Waals surface area contributed by atoms with Crippen LogP contribution in [0.15, 0.2) is 54.6 Å². The number of nitrogens with one attached hydrogen (secondary N) is 1. The summed E-state index contributed by atoms with van der Waals surface area (Å²) < 4.78 is 13.8. The fourth-order valence-corrected chi connectivity index (χ4v) is 4.60. The summed E-state index contributed by atoms with van der Waals surface area (Å²) in [6.07, 6.45) is 4.28. The quantitative estimate of drug-likeness (QED) is 0.638. The van der Waals surface area contributed by atoms with Crippen molar-refractivity contribution in [2.45, 2.75) is 57.0 Å². The Hall–Kier alpha value is -2.34. The van der Waals surface area contributed by atoms with Gasteiger partial charge in [0.1, 0.15) is 11.9 Å². The van der Waals surface area contributed by atoms with Crippen LogP contribution in [-0.2, 0) is 21.9 Å². The van der Waals surface area contributed by atoms with E-state index in [9.17, 15) is 14.0 Å². The van der Waals surface area contributed by atoms with Gasteiger partial charge in [-0.15, -0.1) is 11.8 Å². The van der Waals surface area contributed by atoms with Crippen LogP contribution in [0.5, 0.6) is 0 Å². The molecule has 4 nitrogen and oxygen atoms in total. The molecule has 1 saturated carbocycles. The molecule has 1 N–H and O–H groups in total. The van der Waals surface area contributed by atoms with Gasteiger partial charge in [0.2, 0.25) is 11.8 Å². The normalized spacial score (nSPS) is 15.0. The Morgan fingerprint density at radius 3 is 2.47 bits per heavy atom. The van der Waals surface area contributed by atoms with Crippen molar-refractivity contribution in [2.24, 2.45) is 0 Å². The molecule has 160 valence electrons. The second-order valence-electron chi connectivity index (χ2n) is 7.76. The molecule has 1 fully saturated rings. The highest BCUT2D eigenvalue weighted by Crippen LogP contribution is 2.20. The third-order valence-corrected chi connectivity index (χ3v) is 6.47. The minimum Gasteiger partial charge on any atom is -0.352 e. The number of halogens is 1. The second-order valence-corrected chi connectivity index (χ2v) is 8.74. The van der Waals surface area contributed by atoms with Crippen LogP contribution in [-0.4, -0.2) is 34.6 Å². The van der Waals surface area contributed by atoms with Crippen LogP contribution in [0.1, 0.15) is 43.7 Å². The van der Waals surface area contributed by atoms with Crippen LogP contribution < -0.4 is 5.32 Å². The highest BCUT2D eigenvalue weighted by Gasteiger charge is 2.28. The zero-order valence-electron chi connectivity index (χ0n) is 17.4. The van der Waals surface area contributed by atoms with E-state index in [0.29, 0.717) is 17.9 Å². The van der Waals surface area contributed by atoms with E-state index in [4.69, 9.17) is 0 Å². The van der Waals surface area contributed by atoms with Crippen LogP contribution in [0, 0.1) is 5.82 Å². The Kier molecular flexibility index (Phi) is 8.31. The molecule has 0 spiro atoms. The van der Waals surface area contributed by atoms with E-state index in [1.165, 1.54) is 17.8 Å². The van der Waals surface area contributed by atoms with Gasteiger partial charge in [-0.05, 0) is 37.0 Å². The monoisotopic (exact) mass is 428 g/mol. The van der Waals surface area contributed by atoms with Crippen molar-refractivity contribution < 1.29 is 14.0 Å². The first-order valence-electron chi connectivity index (χ1n) is 10.5. The van der Waals surface area contributed by atoms with Gasteiger partial charge >= 0.3 is 0 Å². The Morgan fingerprint density at radius 1 is 1.10 bits per heavy atom. The van der Waals surface area contributed by atoms with Crippen LogP contribution in [0.25, 0.3) is 0 Å². The van der Waals surface area contributed by atoms with E-state index < -0.39 is 6.04 Å². The average Bonchev–Trinajstić information content (AvgIpc) is 3.26. The number of carbonyl (C=O) groups is 2. The molecular formula is C24H29FN2O2S. The first-order valence-corrected chi connectivity index (χ1v) is 11.6. The van der Waals surface area contributed by atoms with Crippen molar-refractivity contribution in [3.05, 3.63) is 71.5 Å². The minimum atomic E-state index is -0.563. The number of thioether (sulfide) groups is 1. The number of amides is 2. The van der Waals surface area contributed by atoms with E-state index >= 15 is 0 Å². The highest BCUT2D eigenvalue weighted by atomic mass is 32.2. The molecule has 0 saturated heterocycles. The number of hydrogen-bond donors (Lipinski definition) is 1. The maximum atomic E-state index is 13.8. The Balaban J connectivity index is 1.63. The molecule has 0 radical (unpaired) electrons. The summed E-state index contributed by atoms with van der Waals surface area (Å²) >= 11 is 1.37. The molecule has 0 unspecified atom stereocenters. The molecular weight excluding hydrogens is 399 g/mol. The Morgan fingerprint density at radius 2 is 1.77 bits per heavy atom. The molecule has 0 bridgehead atoms. The van der Waals surface area contributed by atoms with Crippen LogP contribution >= 0.6 is 11.8 Å². The zero-order valence-corrected chi connectivity index (χ0v) is 18.2. The van der Waals surface area contributed by atoms with Crippen molar-refractivity contribution in [1.82, 2.24) is 10.2 Å². The lowest BCUT2D eigenvalue weighted by Crippen LogP contribution is -2.50. The lowest BCUT2D eigenvalue weighted by molar-refractivity contribution is -0.138. The molecule has 30 heavy (non-hydrogen) atoms. The summed E-state index contributed by atoms with van der Waals surface area (Å²) in [5, 5.41) is 3.10. The van der Waals surface area contributed by atoms with E-state index in [0.717, 1.165) is 31.2 Å². The Labute approximate surface area is 182 Å². The van der Waals surface area contributed by atoms with Crippen molar-refractivity contribution in [1.29, 1.82) is 0 Å². The van der Waals surface area contributed by atoms with Crippen molar-refractivity contribution >= 4 is 23.6 Å². The maximum absolute atomic E-state index is 13.8. The maximum Gasteiger partial charge on any atom is 0.242 e.